The molecule has 0 aliphatic rings. The Morgan fingerprint density at radius 1 is 1.36 bits per heavy atom. The minimum atomic E-state index is -0.893. The number of nitrogens with one attached hydrogen (secondary N) is 2. The van der Waals surface area contributed by atoms with Gasteiger partial charge in [-0.1, -0.05) is 0 Å². The average Bonchev–Trinajstić information content (AvgIpc) is 3.06. The Morgan fingerprint density at radius 3 is 2.88 bits per heavy atom. The van der Waals surface area contributed by atoms with Crippen LogP contribution in [0.15, 0.2) is 42.6 Å². The highest BCUT2D eigenvalue weighted by Gasteiger charge is 2.14. The van der Waals surface area contributed by atoms with Crippen molar-refractivity contribution in [3.63, 3.8) is 0 Å². The van der Waals surface area contributed by atoms with Gasteiger partial charge in [-0.2, -0.15) is 5.10 Å². The van der Waals surface area contributed by atoms with Gasteiger partial charge in [0.1, 0.15) is 24.3 Å². The van der Waals surface area contributed by atoms with Gasteiger partial charge in [0.05, 0.1) is 17.3 Å². The highest BCUT2D eigenvalue weighted by molar-refractivity contribution is 6.05. The van der Waals surface area contributed by atoms with Crippen LogP contribution >= 0.6 is 0 Å². The monoisotopic (exact) mass is 343 g/mol. The molecule has 0 saturated carbocycles. The number of benzene rings is 2. The summed E-state index contributed by atoms with van der Waals surface area (Å²) in [5.74, 6) is -0.216. The van der Waals surface area contributed by atoms with E-state index in [4.69, 9.17) is 4.74 Å². The smallest absolute Gasteiger partial charge is 0.253 e. The Labute approximate surface area is 143 Å². The molecule has 1 aromatic heterocycles. The first-order valence-corrected chi connectivity index (χ1v) is 7.81. The maximum atomic E-state index is 12.8. The minimum Gasteiger partial charge on any atom is -0.491 e. The second-order valence-corrected chi connectivity index (χ2v) is 5.78. The van der Waals surface area contributed by atoms with E-state index in [9.17, 15) is 14.3 Å². The predicted octanol–water partition coefficient (Wildman–Crippen LogP) is 2.18. The number of aliphatic hydroxyl groups is 1. The van der Waals surface area contributed by atoms with E-state index in [2.05, 4.69) is 15.5 Å². The summed E-state index contributed by atoms with van der Waals surface area (Å²) in [7, 11) is 0. The molecule has 25 heavy (non-hydrogen) atoms. The normalized spacial score (nSPS) is 12.1. The van der Waals surface area contributed by atoms with Crippen molar-refractivity contribution in [2.24, 2.45) is 0 Å². The number of aromatic amines is 1. The molecule has 0 unspecified atom stereocenters. The zero-order valence-corrected chi connectivity index (χ0v) is 13.6. The molecule has 3 rings (SSSR count). The molecule has 3 aromatic rings. The van der Waals surface area contributed by atoms with E-state index < -0.39 is 6.10 Å². The van der Waals surface area contributed by atoms with Gasteiger partial charge in [-0.25, -0.2) is 4.39 Å². The maximum absolute atomic E-state index is 12.8. The average molecular weight is 343 g/mol. The fourth-order valence-corrected chi connectivity index (χ4v) is 2.47. The van der Waals surface area contributed by atoms with Gasteiger partial charge in [0.2, 0.25) is 0 Å². The number of ether oxygens (including phenoxy) is 1. The van der Waals surface area contributed by atoms with Crippen molar-refractivity contribution in [3.05, 3.63) is 59.5 Å². The van der Waals surface area contributed by atoms with Crippen molar-refractivity contribution >= 4 is 16.8 Å². The third-order valence-electron chi connectivity index (χ3n) is 3.69. The highest BCUT2D eigenvalue weighted by Crippen LogP contribution is 2.18. The lowest BCUT2D eigenvalue weighted by molar-refractivity contribution is 0.0844. The highest BCUT2D eigenvalue weighted by atomic mass is 19.1. The number of carbonyl (C=O) groups is 1. The molecule has 3 N–H and O–H groups in total. The number of aromatic nitrogens is 2. The first-order valence-electron chi connectivity index (χ1n) is 7.81. The molecule has 130 valence electrons. The van der Waals surface area contributed by atoms with Crippen LogP contribution in [0.4, 0.5) is 4.39 Å². The van der Waals surface area contributed by atoms with Gasteiger partial charge in [-0.05, 0) is 48.9 Å². The molecule has 0 aliphatic carbocycles. The van der Waals surface area contributed by atoms with Crippen LogP contribution in [-0.2, 0) is 0 Å². The van der Waals surface area contributed by atoms with Crippen LogP contribution in [-0.4, -0.2) is 40.5 Å². The lowest BCUT2D eigenvalue weighted by Crippen LogP contribution is -2.35. The van der Waals surface area contributed by atoms with E-state index in [1.807, 2.05) is 13.0 Å². The molecular formula is C18H18FN3O3. The van der Waals surface area contributed by atoms with Gasteiger partial charge in [0, 0.05) is 11.9 Å². The Kier molecular flexibility index (Phi) is 4.95. The largest absolute Gasteiger partial charge is 0.491 e. The summed E-state index contributed by atoms with van der Waals surface area (Å²) >= 11 is 0. The van der Waals surface area contributed by atoms with Crippen LogP contribution < -0.4 is 10.1 Å². The molecule has 0 fully saturated rings. The lowest BCUT2D eigenvalue weighted by atomic mass is 10.1. The Balaban J connectivity index is 1.56. The molecule has 0 bridgehead atoms. The Morgan fingerprint density at radius 2 is 2.12 bits per heavy atom. The van der Waals surface area contributed by atoms with Gasteiger partial charge in [-0.15, -0.1) is 0 Å². The number of fused-ring (bicyclic) bond motifs is 1. The molecule has 6 nitrogen and oxygen atoms in total. The van der Waals surface area contributed by atoms with Gasteiger partial charge in [-0.3, -0.25) is 9.89 Å². The molecule has 1 atom stereocenters. The second-order valence-electron chi connectivity index (χ2n) is 5.78. The molecule has 1 heterocycles. The van der Waals surface area contributed by atoms with E-state index in [-0.39, 0.29) is 24.9 Å². The number of amides is 1. The molecule has 1 amide bonds. The lowest BCUT2D eigenvalue weighted by Gasteiger charge is -2.14. The van der Waals surface area contributed by atoms with Crippen molar-refractivity contribution in [1.82, 2.24) is 15.5 Å². The van der Waals surface area contributed by atoms with E-state index in [1.165, 1.54) is 24.3 Å². The van der Waals surface area contributed by atoms with Gasteiger partial charge in [0.15, 0.2) is 0 Å². The van der Waals surface area contributed by atoms with Crippen LogP contribution in [0, 0.1) is 12.7 Å². The minimum absolute atomic E-state index is 0.0147. The summed E-state index contributed by atoms with van der Waals surface area (Å²) in [6.45, 7) is 1.91. The van der Waals surface area contributed by atoms with Crippen LogP contribution in [0.25, 0.3) is 10.9 Å². The molecule has 7 heteroatoms. The SMILES string of the molecule is Cc1cc(C(=O)NC[C@@H](O)COc2ccc(F)cc2)c2[nH]ncc2c1. The van der Waals surface area contributed by atoms with Gasteiger partial charge >= 0.3 is 0 Å². The first-order chi connectivity index (χ1) is 12.0. The zero-order chi connectivity index (χ0) is 17.8. The summed E-state index contributed by atoms with van der Waals surface area (Å²) in [5.41, 5.74) is 2.07. The van der Waals surface area contributed by atoms with E-state index >= 15 is 0 Å². The van der Waals surface area contributed by atoms with Crippen molar-refractivity contribution in [1.29, 1.82) is 0 Å². The van der Waals surface area contributed by atoms with Crippen LogP contribution in [0.1, 0.15) is 15.9 Å². The Hall–Kier alpha value is -2.93. The zero-order valence-electron chi connectivity index (χ0n) is 13.6. The molecule has 2 aromatic carbocycles. The number of carbonyl (C=O) groups excluding carboxylic acids is 1. The van der Waals surface area contributed by atoms with Crippen LogP contribution in [0.3, 0.4) is 0 Å². The summed E-state index contributed by atoms with van der Waals surface area (Å²) in [6.07, 6.45) is 0.765. The van der Waals surface area contributed by atoms with E-state index in [1.54, 1.807) is 12.3 Å². The molecule has 0 spiro atoms. The van der Waals surface area contributed by atoms with E-state index in [0.29, 0.717) is 16.8 Å². The standard InChI is InChI=1S/C18H18FN3O3/c1-11-6-12-8-21-22-17(12)16(7-11)18(24)20-9-14(23)10-25-15-4-2-13(19)3-5-15/h2-8,14,23H,9-10H2,1H3,(H,20,24)(H,21,22)/t14-/m1/s1. The summed E-state index contributed by atoms with van der Waals surface area (Å²) in [5, 5.41) is 20.2. The number of hydrogen-bond acceptors (Lipinski definition) is 4. The number of halogens is 1. The molecule has 0 radical (unpaired) electrons. The number of H-pyrrole nitrogens is 1. The fourth-order valence-electron chi connectivity index (χ4n) is 2.47. The van der Waals surface area contributed by atoms with Crippen LogP contribution in [0.5, 0.6) is 5.75 Å². The number of aryl methyl sites for hydroxylation is 1. The second kappa shape index (κ2) is 7.31. The summed E-state index contributed by atoms with van der Waals surface area (Å²) in [4.78, 5) is 12.4. The van der Waals surface area contributed by atoms with Crippen molar-refractivity contribution < 1.29 is 19.0 Å². The molecule has 0 aliphatic heterocycles. The molecular weight excluding hydrogens is 325 g/mol. The Bertz CT molecular complexity index is 877. The van der Waals surface area contributed by atoms with Crippen molar-refractivity contribution in [3.8, 4) is 5.75 Å². The van der Waals surface area contributed by atoms with Crippen molar-refractivity contribution in [2.45, 2.75) is 13.0 Å². The quantitative estimate of drug-likeness (QED) is 0.640. The van der Waals surface area contributed by atoms with E-state index in [0.717, 1.165) is 10.9 Å². The number of rotatable bonds is 6. The topological polar surface area (TPSA) is 87.2 Å². The summed E-state index contributed by atoms with van der Waals surface area (Å²) in [6, 6.07) is 9.19. The van der Waals surface area contributed by atoms with Crippen LogP contribution in [0.2, 0.25) is 0 Å². The third-order valence-corrected chi connectivity index (χ3v) is 3.69. The maximum Gasteiger partial charge on any atom is 0.253 e. The van der Waals surface area contributed by atoms with Gasteiger partial charge < -0.3 is 15.2 Å². The number of aliphatic hydroxyl groups excluding tert-OH is 1. The number of nitrogens with zero attached hydrogens (tertiary/aromatic N) is 1. The van der Waals surface area contributed by atoms with Crippen molar-refractivity contribution in [2.75, 3.05) is 13.2 Å². The first kappa shape index (κ1) is 16.9. The van der Waals surface area contributed by atoms with Gasteiger partial charge in [0.25, 0.3) is 5.91 Å². The third kappa shape index (κ3) is 4.13. The predicted molar refractivity (Wildman–Crippen MR) is 91.1 cm³/mol. The molecule has 0 saturated heterocycles. The summed E-state index contributed by atoms with van der Waals surface area (Å²) < 4.78 is 18.2. The fraction of sp³-hybridized carbons (Fsp3) is 0.222. The number of hydrogen-bond donors (Lipinski definition) is 3.